The molecule has 2 fully saturated rings. The van der Waals surface area contributed by atoms with Gasteiger partial charge in [0.05, 0.1) is 0 Å². The molecular formula is C13H21NO4. The predicted molar refractivity (Wildman–Crippen MR) is 65.1 cm³/mol. The van der Waals surface area contributed by atoms with Crippen molar-refractivity contribution in [3.8, 4) is 0 Å². The van der Waals surface area contributed by atoms with Crippen molar-refractivity contribution in [2.45, 2.75) is 44.1 Å². The Morgan fingerprint density at radius 2 is 1.78 bits per heavy atom. The second-order valence-corrected chi connectivity index (χ2v) is 5.31. The average molecular weight is 255 g/mol. The zero-order valence-corrected chi connectivity index (χ0v) is 10.9. The Hall–Kier alpha value is -1.10. The zero-order chi connectivity index (χ0) is 13.2. The number of nitrogens with zero attached hydrogens (tertiary/aromatic N) is 1. The highest BCUT2D eigenvalue weighted by molar-refractivity contribution is 5.81. The molecule has 1 N–H and O–H groups in total. The van der Waals surface area contributed by atoms with Crippen molar-refractivity contribution in [1.82, 2.24) is 4.90 Å². The normalized spacial score (nSPS) is 24.2. The van der Waals surface area contributed by atoms with Crippen molar-refractivity contribution >= 4 is 11.9 Å². The molecule has 2 aliphatic rings. The van der Waals surface area contributed by atoms with Crippen LogP contribution in [0, 0.1) is 5.92 Å². The summed E-state index contributed by atoms with van der Waals surface area (Å²) in [6.45, 7) is 0.991. The van der Waals surface area contributed by atoms with Crippen molar-refractivity contribution in [1.29, 1.82) is 0 Å². The van der Waals surface area contributed by atoms with Crippen LogP contribution >= 0.6 is 0 Å². The van der Waals surface area contributed by atoms with E-state index < -0.39 is 11.6 Å². The van der Waals surface area contributed by atoms with Gasteiger partial charge in [-0.3, -0.25) is 4.79 Å². The first-order chi connectivity index (χ1) is 8.59. The number of carboxylic acid groups (broad SMARTS) is 1. The van der Waals surface area contributed by atoms with Crippen LogP contribution in [0.3, 0.4) is 0 Å². The summed E-state index contributed by atoms with van der Waals surface area (Å²) in [5, 5.41) is 9.20. The fourth-order valence-electron chi connectivity index (χ4n) is 3.02. The maximum Gasteiger partial charge on any atom is 0.336 e. The molecule has 0 radical (unpaired) electrons. The molecule has 102 valence electrons. The van der Waals surface area contributed by atoms with E-state index in [9.17, 15) is 14.7 Å². The number of methoxy groups -OCH3 is 1. The van der Waals surface area contributed by atoms with E-state index in [2.05, 4.69) is 0 Å². The van der Waals surface area contributed by atoms with Crippen molar-refractivity contribution in [2.24, 2.45) is 5.92 Å². The van der Waals surface area contributed by atoms with Crippen molar-refractivity contribution in [3.05, 3.63) is 0 Å². The van der Waals surface area contributed by atoms with Gasteiger partial charge in [-0.05, 0) is 12.8 Å². The van der Waals surface area contributed by atoms with Crippen LogP contribution in [0.5, 0.6) is 0 Å². The lowest BCUT2D eigenvalue weighted by Gasteiger charge is -2.38. The molecule has 1 heterocycles. The van der Waals surface area contributed by atoms with Crippen LogP contribution in [0.25, 0.3) is 0 Å². The lowest BCUT2D eigenvalue weighted by molar-refractivity contribution is -0.170. The molecule has 0 unspecified atom stereocenters. The highest BCUT2D eigenvalue weighted by Gasteiger charge is 2.43. The molecule has 0 aromatic rings. The van der Waals surface area contributed by atoms with Crippen LogP contribution < -0.4 is 0 Å². The maximum absolute atomic E-state index is 12.2. The Morgan fingerprint density at radius 3 is 2.22 bits per heavy atom. The molecule has 0 bridgehead atoms. The zero-order valence-electron chi connectivity index (χ0n) is 10.9. The van der Waals surface area contributed by atoms with E-state index in [-0.39, 0.29) is 11.8 Å². The molecule has 0 aromatic heterocycles. The minimum atomic E-state index is -1.09. The third-order valence-corrected chi connectivity index (χ3v) is 4.37. The molecule has 5 nitrogen and oxygen atoms in total. The Labute approximate surface area is 107 Å². The molecule has 1 aliphatic carbocycles. The lowest BCUT2D eigenvalue weighted by atomic mass is 9.90. The van der Waals surface area contributed by atoms with Gasteiger partial charge in [0.1, 0.15) is 0 Å². The summed E-state index contributed by atoms with van der Waals surface area (Å²) in [5.41, 5.74) is -1.09. The summed E-state index contributed by atoms with van der Waals surface area (Å²) in [6, 6.07) is 0. The van der Waals surface area contributed by atoms with Gasteiger partial charge >= 0.3 is 5.97 Å². The first-order valence-electron chi connectivity index (χ1n) is 6.66. The Kier molecular flexibility index (Phi) is 3.90. The van der Waals surface area contributed by atoms with Crippen LogP contribution in [-0.4, -0.2) is 47.7 Å². The first kappa shape index (κ1) is 13.3. The number of hydrogen-bond donors (Lipinski definition) is 1. The molecule has 0 spiro atoms. The quantitative estimate of drug-likeness (QED) is 0.824. The lowest BCUT2D eigenvalue weighted by Crippen LogP contribution is -2.52. The van der Waals surface area contributed by atoms with Crippen LogP contribution in [-0.2, 0) is 14.3 Å². The highest BCUT2D eigenvalue weighted by Crippen LogP contribution is 2.30. The number of hydrogen-bond acceptors (Lipinski definition) is 3. The standard InChI is InChI=1S/C13H21NO4/c1-18-13(12(16)17)6-8-14(9-7-13)11(15)10-4-2-3-5-10/h10H,2-9H2,1H3,(H,16,17). The summed E-state index contributed by atoms with van der Waals surface area (Å²) < 4.78 is 5.16. The second kappa shape index (κ2) is 5.26. The van der Waals surface area contributed by atoms with Gasteiger partial charge in [-0.2, -0.15) is 0 Å². The summed E-state index contributed by atoms with van der Waals surface area (Å²) in [7, 11) is 1.43. The Bertz CT molecular complexity index is 328. The third kappa shape index (κ3) is 2.36. The molecular weight excluding hydrogens is 234 g/mol. The van der Waals surface area contributed by atoms with Gasteiger partial charge in [0.15, 0.2) is 5.60 Å². The SMILES string of the molecule is COC1(C(=O)O)CCN(C(=O)C2CCCC2)CC1. The number of carboxylic acids is 1. The number of carbonyl (C=O) groups is 2. The average Bonchev–Trinajstić information content (AvgIpc) is 2.91. The van der Waals surface area contributed by atoms with Gasteiger partial charge < -0.3 is 14.7 Å². The number of rotatable bonds is 3. The summed E-state index contributed by atoms with van der Waals surface area (Å²) in [5.74, 6) is -0.537. The van der Waals surface area contributed by atoms with E-state index in [1.807, 2.05) is 4.90 Å². The number of amides is 1. The monoisotopic (exact) mass is 255 g/mol. The van der Waals surface area contributed by atoms with Gasteiger partial charge in [-0.25, -0.2) is 4.79 Å². The fraction of sp³-hybridized carbons (Fsp3) is 0.846. The molecule has 5 heteroatoms. The minimum Gasteiger partial charge on any atom is -0.479 e. The Morgan fingerprint density at radius 1 is 1.22 bits per heavy atom. The number of carbonyl (C=O) groups excluding carboxylic acids is 1. The predicted octanol–water partition coefficient (Wildman–Crippen LogP) is 1.27. The third-order valence-electron chi connectivity index (χ3n) is 4.37. The number of aliphatic carboxylic acids is 1. The number of likely N-dealkylation sites (tertiary alicyclic amines) is 1. The molecule has 18 heavy (non-hydrogen) atoms. The van der Waals surface area contributed by atoms with Gasteiger partial charge in [-0.15, -0.1) is 0 Å². The summed E-state index contributed by atoms with van der Waals surface area (Å²) in [4.78, 5) is 25.2. The first-order valence-corrected chi connectivity index (χ1v) is 6.66. The van der Waals surface area contributed by atoms with Gasteiger partial charge in [0.25, 0.3) is 0 Å². The molecule has 1 amide bonds. The number of piperidine rings is 1. The summed E-state index contributed by atoms with van der Waals surface area (Å²) >= 11 is 0. The van der Waals surface area contributed by atoms with Crippen LogP contribution in [0.1, 0.15) is 38.5 Å². The van der Waals surface area contributed by atoms with Crippen molar-refractivity contribution < 1.29 is 19.4 Å². The van der Waals surface area contributed by atoms with Crippen molar-refractivity contribution in [3.63, 3.8) is 0 Å². The second-order valence-electron chi connectivity index (χ2n) is 5.31. The molecule has 1 saturated heterocycles. The minimum absolute atomic E-state index is 0.171. The molecule has 1 saturated carbocycles. The highest BCUT2D eigenvalue weighted by atomic mass is 16.5. The van der Waals surface area contributed by atoms with Crippen LogP contribution in [0.4, 0.5) is 0 Å². The van der Waals surface area contributed by atoms with E-state index in [0.29, 0.717) is 25.9 Å². The van der Waals surface area contributed by atoms with E-state index in [4.69, 9.17) is 4.74 Å². The topological polar surface area (TPSA) is 66.8 Å². The van der Waals surface area contributed by atoms with Gasteiger partial charge in [-0.1, -0.05) is 12.8 Å². The van der Waals surface area contributed by atoms with E-state index in [0.717, 1.165) is 25.7 Å². The van der Waals surface area contributed by atoms with Crippen LogP contribution in [0.15, 0.2) is 0 Å². The van der Waals surface area contributed by atoms with E-state index in [1.165, 1.54) is 7.11 Å². The Balaban J connectivity index is 1.93. The maximum atomic E-state index is 12.2. The smallest absolute Gasteiger partial charge is 0.336 e. The van der Waals surface area contributed by atoms with Crippen molar-refractivity contribution in [2.75, 3.05) is 20.2 Å². The summed E-state index contributed by atoms with van der Waals surface area (Å²) in [6.07, 6.45) is 5.03. The van der Waals surface area contributed by atoms with E-state index >= 15 is 0 Å². The molecule has 0 aromatic carbocycles. The number of ether oxygens (including phenoxy) is 1. The van der Waals surface area contributed by atoms with Gasteiger partial charge in [0, 0.05) is 39.0 Å². The van der Waals surface area contributed by atoms with Crippen LogP contribution in [0.2, 0.25) is 0 Å². The van der Waals surface area contributed by atoms with E-state index in [1.54, 1.807) is 0 Å². The molecule has 0 atom stereocenters. The molecule has 1 aliphatic heterocycles. The molecule has 2 rings (SSSR count). The largest absolute Gasteiger partial charge is 0.479 e. The van der Waals surface area contributed by atoms with Gasteiger partial charge in [0.2, 0.25) is 5.91 Å². The fourth-order valence-corrected chi connectivity index (χ4v) is 3.02.